The summed E-state index contributed by atoms with van der Waals surface area (Å²) < 4.78 is 0. The van der Waals surface area contributed by atoms with Crippen LogP contribution in [-0.2, 0) is 0 Å². The summed E-state index contributed by atoms with van der Waals surface area (Å²) in [6.07, 6.45) is 8.42. The summed E-state index contributed by atoms with van der Waals surface area (Å²) in [5.74, 6) is 0.846. The van der Waals surface area contributed by atoms with Crippen LogP contribution in [0, 0.1) is 11.3 Å². The molecule has 0 aromatic heterocycles. The lowest BCUT2D eigenvalue weighted by Gasteiger charge is -2.33. The van der Waals surface area contributed by atoms with Gasteiger partial charge in [-0.3, -0.25) is 0 Å². The van der Waals surface area contributed by atoms with Crippen molar-refractivity contribution in [1.29, 1.82) is 0 Å². The van der Waals surface area contributed by atoms with E-state index in [4.69, 9.17) is 0 Å². The van der Waals surface area contributed by atoms with E-state index in [0.29, 0.717) is 5.41 Å². The van der Waals surface area contributed by atoms with Crippen LogP contribution in [0.5, 0.6) is 0 Å². The molecule has 0 saturated carbocycles. The molecule has 0 aromatic rings. The first-order valence-corrected chi connectivity index (χ1v) is 5.28. The molecule has 0 amide bonds. The topological polar surface area (TPSA) is 0 Å². The fraction of sp³-hybridized carbons (Fsp3) is 0.833. The van der Waals surface area contributed by atoms with E-state index >= 15 is 0 Å². The molecule has 1 atom stereocenters. The average Bonchev–Trinajstić information content (AvgIpc) is 2.07. The van der Waals surface area contributed by atoms with Gasteiger partial charge in [-0.05, 0) is 24.7 Å². The fourth-order valence-corrected chi connectivity index (χ4v) is 2.14. The van der Waals surface area contributed by atoms with Crippen LogP contribution < -0.4 is 0 Å². The summed E-state index contributed by atoms with van der Waals surface area (Å²) in [7, 11) is 0. The lowest BCUT2D eigenvalue weighted by Crippen LogP contribution is -2.23. The summed E-state index contributed by atoms with van der Waals surface area (Å²) in [5, 5.41) is 0. The van der Waals surface area contributed by atoms with Crippen LogP contribution in [0.25, 0.3) is 0 Å². The minimum Gasteiger partial charge on any atom is -0.0911 e. The Morgan fingerprint density at radius 2 is 1.67 bits per heavy atom. The molecule has 0 saturated heterocycles. The van der Waals surface area contributed by atoms with Crippen LogP contribution in [-0.4, -0.2) is 0 Å². The van der Waals surface area contributed by atoms with Gasteiger partial charge in [-0.15, -0.1) is 0 Å². The lowest BCUT2D eigenvalue weighted by atomic mass is 9.72. The Kier molecular flexibility index (Phi) is 5.28. The molecule has 1 unspecified atom stereocenters. The molecular weight excluding hydrogens is 144 g/mol. The van der Waals surface area contributed by atoms with E-state index in [2.05, 4.69) is 46.8 Å². The van der Waals surface area contributed by atoms with E-state index in [0.717, 1.165) is 5.92 Å². The molecule has 0 rings (SSSR count). The van der Waals surface area contributed by atoms with Crippen molar-refractivity contribution in [3.05, 3.63) is 12.2 Å². The van der Waals surface area contributed by atoms with Crippen molar-refractivity contribution in [2.75, 3.05) is 0 Å². The van der Waals surface area contributed by atoms with Crippen LogP contribution in [0.15, 0.2) is 12.2 Å². The zero-order valence-corrected chi connectivity index (χ0v) is 9.35. The minimum atomic E-state index is 0.429. The normalized spacial score (nSPS) is 17.2. The van der Waals surface area contributed by atoms with E-state index in [9.17, 15) is 0 Å². The first-order valence-electron chi connectivity index (χ1n) is 5.28. The summed E-state index contributed by atoms with van der Waals surface area (Å²) in [6.45, 7) is 11.4. The molecule has 12 heavy (non-hydrogen) atoms. The lowest BCUT2D eigenvalue weighted by molar-refractivity contribution is 0.230. The highest BCUT2D eigenvalue weighted by atomic mass is 14.3. The van der Waals surface area contributed by atoms with Gasteiger partial charge >= 0.3 is 0 Å². The van der Waals surface area contributed by atoms with Crippen LogP contribution in [0.4, 0.5) is 0 Å². The van der Waals surface area contributed by atoms with Crippen molar-refractivity contribution in [3.63, 3.8) is 0 Å². The van der Waals surface area contributed by atoms with Gasteiger partial charge in [0.1, 0.15) is 0 Å². The fourth-order valence-electron chi connectivity index (χ4n) is 2.14. The summed E-state index contributed by atoms with van der Waals surface area (Å²) in [4.78, 5) is 0. The zero-order valence-electron chi connectivity index (χ0n) is 9.35. The van der Waals surface area contributed by atoms with Gasteiger partial charge in [0.2, 0.25) is 0 Å². The molecule has 0 aliphatic carbocycles. The first kappa shape index (κ1) is 11.7. The summed E-state index contributed by atoms with van der Waals surface area (Å²) in [6, 6.07) is 0. The monoisotopic (exact) mass is 168 g/mol. The maximum atomic E-state index is 2.38. The van der Waals surface area contributed by atoms with Crippen molar-refractivity contribution in [2.24, 2.45) is 11.3 Å². The van der Waals surface area contributed by atoms with Gasteiger partial charge in [0, 0.05) is 0 Å². The van der Waals surface area contributed by atoms with Crippen LogP contribution in [0.3, 0.4) is 0 Å². The Hall–Kier alpha value is -0.260. The first-order chi connectivity index (χ1) is 5.64. The Morgan fingerprint density at radius 3 is 1.92 bits per heavy atom. The molecule has 0 aromatic carbocycles. The van der Waals surface area contributed by atoms with Crippen molar-refractivity contribution < 1.29 is 0 Å². The van der Waals surface area contributed by atoms with Gasteiger partial charge in [0.15, 0.2) is 0 Å². The number of hydrogen-bond acceptors (Lipinski definition) is 0. The van der Waals surface area contributed by atoms with Gasteiger partial charge in [0.25, 0.3) is 0 Å². The average molecular weight is 168 g/mol. The maximum absolute atomic E-state index is 2.38. The number of allylic oxidation sites excluding steroid dienone is 2. The second-order valence-corrected chi connectivity index (χ2v) is 3.87. The Labute approximate surface area is 78.1 Å². The third-order valence-electron chi connectivity index (χ3n) is 3.23. The summed E-state index contributed by atoms with van der Waals surface area (Å²) >= 11 is 0. The third-order valence-corrected chi connectivity index (χ3v) is 3.23. The van der Waals surface area contributed by atoms with Crippen LogP contribution >= 0.6 is 0 Å². The Balaban J connectivity index is 4.46. The molecule has 0 aliphatic rings. The molecule has 0 radical (unpaired) electrons. The van der Waals surface area contributed by atoms with E-state index in [1.54, 1.807) is 0 Å². The highest BCUT2D eigenvalue weighted by Crippen LogP contribution is 2.36. The maximum Gasteiger partial charge on any atom is -0.0121 e. The number of rotatable bonds is 5. The van der Waals surface area contributed by atoms with E-state index in [-0.39, 0.29) is 0 Å². The number of hydrogen-bond donors (Lipinski definition) is 0. The van der Waals surface area contributed by atoms with Gasteiger partial charge in [0.05, 0.1) is 0 Å². The van der Waals surface area contributed by atoms with Crippen LogP contribution in [0.1, 0.15) is 53.9 Å². The Bertz CT molecular complexity index is 131. The quantitative estimate of drug-likeness (QED) is 0.533. The molecule has 0 heterocycles. The highest BCUT2D eigenvalue weighted by molar-refractivity contribution is 4.98. The zero-order chi connectivity index (χ0) is 9.61. The highest BCUT2D eigenvalue weighted by Gasteiger charge is 2.26. The molecule has 0 aliphatic heterocycles. The molecule has 0 heteroatoms. The van der Waals surface area contributed by atoms with Crippen molar-refractivity contribution >= 4 is 0 Å². The second-order valence-electron chi connectivity index (χ2n) is 3.87. The third kappa shape index (κ3) is 2.66. The summed E-state index contributed by atoms with van der Waals surface area (Å²) in [5.41, 5.74) is 0.429. The predicted octanol–water partition coefficient (Wildman–Crippen LogP) is 4.42. The molecule has 0 spiro atoms. The van der Waals surface area contributed by atoms with E-state index in [1.165, 1.54) is 19.3 Å². The van der Waals surface area contributed by atoms with Crippen molar-refractivity contribution in [1.82, 2.24) is 0 Å². The largest absolute Gasteiger partial charge is 0.0911 e. The molecule has 0 bridgehead atoms. The van der Waals surface area contributed by atoms with Crippen molar-refractivity contribution in [2.45, 2.75) is 53.9 Å². The SMILES string of the molecule is CC=CC(C)(CC)C(CC)CC. The van der Waals surface area contributed by atoms with Gasteiger partial charge < -0.3 is 0 Å². The molecule has 0 nitrogen and oxygen atoms in total. The molecular formula is C12H24. The second kappa shape index (κ2) is 5.40. The van der Waals surface area contributed by atoms with Crippen molar-refractivity contribution in [3.8, 4) is 0 Å². The van der Waals surface area contributed by atoms with E-state index < -0.39 is 0 Å². The molecule has 0 fully saturated rings. The predicted molar refractivity (Wildman–Crippen MR) is 57.3 cm³/mol. The minimum absolute atomic E-state index is 0.429. The van der Waals surface area contributed by atoms with Gasteiger partial charge in [-0.2, -0.15) is 0 Å². The Morgan fingerprint density at radius 1 is 1.17 bits per heavy atom. The van der Waals surface area contributed by atoms with E-state index in [1.807, 2.05) is 0 Å². The molecule has 0 N–H and O–H groups in total. The van der Waals surface area contributed by atoms with Gasteiger partial charge in [-0.1, -0.05) is 52.7 Å². The smallest absolute Gasteiger partial charge is 0.0121 e. The standard InChI is InChI=1S/C12H24/c1-6-10-12(5,9-4)11(7-2)8-3/h6,10-11H,7-9H2,1-5H3. The van der Waals surface area contributed by atoms with Crippen LogP contribution in [0.2, 0.25) is 0 Å². The molecule has 72 valence electrons. The van der Waals surface area contributed by atoms with Gasteiger partial charge in [-0.25, -0.2) is 0 Å².